The number of nitrogens with one attached hydrogen (secondary N) is 1. The summed E-state index contributed by atoms with van der Waals surface area (Å²) >= 11 is 0. The Balaban J connectivity index is 1.87. The van der Waals surface area contributed by atoms with E-state index in [1.807, 2.05) is 4.90 Å². The molecule has 0 radical (unpaired) electrons. The second-order valence-corrected chi connectivity index (χ2v) is 5.83. The Hall–Kier alpha value is -1.99. The van der Waals surface area contributed by atoms with Gasteiger partial charge in [0.05, 0.1) is 12.0 Å². The predicted molar refractivity (Wildman–Crippen MR) is 82.5 cm³/mol. The van der Waals surface area contributed by atoms with Crippen molar-refractivity contribution < 1.29 is 24.2 Å². The highest BCUT2D eigenvalue weighted by Crippen LogP contribution is 2.15. The van der Waals surface area contributed by atoms with Crippen molar-refractivity contribution in [2.24, 2.45) is 5.92 Å². The zero-order valence-electron chi connectivity index (χ0n) is 12.7. The van der Waals surface area contributed by atoms with Crippen LogP contribution in [0.3, 0.4) is 0 Å². The van der Waals surface area contributed by atoms with Crippen molar-refractivity contribution in [3.8, 4) is 0 Å². The number of aliphatic hydroxyl groups excluding tert-OH is 1. The number of carboxylic acid groups (broad SMARTS) is 1. The number of amides is 1. The highest BCUT2D eigenvalue weighted by Gasteiger charge is 2.26. The highest BCUT2D eigenvalue weighted by molar-refractivity contribution is 5.93. The van der Waals surface area contributed by atoms with Gasteiger partial charge in [-0.15, -0.1) is 0 Å². The Morgan fingerprint density at radius 3 is 2.43 bits per heavy atom. The van der Waals surface area contributed by atoms with Crippen LogP contribution in [0.1, 0.15) is 19.3 Å². The molecule has 1 aliphatic heterocycles. The molecule has 0 aliphatic carbocycles. The Morgan fingerprint density at radius 1 is 1.26 bits per heavy atom. The third kappa shape index (κ3) is 5.61. The van der Waals surface area contributed by atoms with Gasteiger partial charge in [0.15, 0.2) is 0 Å². The molecule has 1 aromatic rings. The number of piperidine rings is 1. The van der Waals surface area contributed by atoms with Gasteiger partial charge in [0.25, 0.3) is 0 Å². The molecule has 0 saturated carbocycles. The SMILES string of the molecule is O=C(C[C@@H](CN1CCC(O)CC1)C(=O)O)Nc1ccc(F)cc1. The second-order valence-electron chi connectivity index (χ2n) is 5.83. The molecule has 23 heavy (non-hydrogen) atoms. The lowest BCUT2D eigenvalue weighted by atomic mass is 10.0. The average Bonchev–Trinajstić information content (AvgIpc) is 2.51. The maximum absolute atomic E-state index is 12.8. The van der Waals surface area contributed by atoms with E-state index in [1.165, 1.54) is 24.3 Å². The molecule has 1 amide bonds. The normalized spacial score (nSPS) is 17.7. The number of benzene rings is 1. The molecule has 1 atom stereocenters. The minimum Gasteiger partial charge on any atom is -0.481 e. The smallest absolute Gasteiger partial charge is 0.308 e. The van der Waals surface area contributed by atoms with E-state index in [4.69, 9.17) is 0 Å². The molecular formula is C16H21FN2O4. The average molecular weight is 324 g/mol. The van der Waals surface area contributed by atoms with Gasteiger partial charge < -0.3 is 20.4 Å². The zero-order chi connectivity index (χ0) is 16.8. The molecule has 0 unspecified atom stereocenters. The molecule has 126 valence electrons. The van der Waals surface area contributed by atoms with Crippen LogP contribution in [0, 0.1) is 11.7 Å². The van der Waals surface area contributed by atoms with Crippen LogP contribution in [0.4, 0.5) is 10.1 Å². The van der Waals surface area contributed by atoms with Crippen LogP contribution in [-0.4, -0.2) is 52.7 Å². The van der Waals surface area contributed by atoms with Crippen molar-refractivity contribution in [3.05, 3.63) is 30.1 Å². The van der Waals surface area contributed by atoms with E-state index in [1.54, 1.807) is 0 Å². The number of rotatable bonds is 6. The molecule has 0 spiro atoms. The van der Waals surface area contributed by atoms with E-state index in [-0.39, 0.29) is 19.1 Å². The van der Waals surface area contributed by atoms with Crippen molar-refractivity contribution in [2.45, 2.75) is 25.4 Å². The number of carbonyl (C=O) groups excluding carboxylic acids is 1. The van der Waals surface area contributed by atoms with Gasteiger partial charge in [-0.2, -0.15) is 0 Å². The number of nitrogens with zero attached hydrogens (tertiary/aromatic N) is 1. The number of halogens is 1. The zero-order valence-corrected chi connectivity index (χ0v) is 12.7. The Kier molecular flexibility index (Phi) is 6.06. The van der Waals surface area contributed by atoms with E-state index in [2.05, 4.69) is 5.32 Å². The summed E-state index contributed by atoms with van der Waals surface area (Å²) in [5, 5.41) is 21.3. The van der Waals surface area contributed by atoms with Gasteiger partial charge in [-0.05, 0) is 37.1 Å². The van der Waals surface area contributed by atoms with Gasteiger partial charge in [0.2, 0.25) is 5.91 Å². The number of carboxylic acids is 1. The Morgan fingerprint density at radius 2 is 1.87 bits per heavy atom. The van der Waals surface area contributed by atoms with Crippen molar-refractivity contribution in [1.29, 1.82) is 0 Å². The van der Waals surface area contributed by atoms with Gasteiger partial charge in [-0.3, -0.25) is 9.59 Å². The minimum atomic E-state index is -1.02. The van der Waals surface area contributed by atoms with Crippen LogP contribution in [0.15, 0.2) is 24.3 Å². The first-order valence-corrected chi connectivity index (χ1v) is 7.62. The predicted octanol–water partition coefficient (Wildman–Crippen LogP) is 1.31. The lowest BCUT2D eigenvalue weighted by Gasteiger charge is -2.31. The number of carbonyl (C=O) groups is 2. The number of hydrogen-bond donors (Lipinski definition) is 3. The summed E-state index contributed by atoms with van der Waals surface area (Å²) in [6.45, 7) is 1.54. The number of aliphatic hydroxyl groups is 1. The first kappa shape index (κ1) is 17.4. The highest BCUT2D eigenvalue weighted by atomic mass is 19.1. The van der Waals surface area contributed by atoms with E-state index < -0.39 is 23.6 Å². The standard InChI is InChI=1S/C16H21FN2O4/c17-12-1-3-13(4-2-12)18-15(21)9-11(16(22)23)10-19-7-5-14(20)6-8-19/h1-4,11,14,20H,5-10H2,(H,18,21)(H,22,23)/t11-/m0/s1. The third-order valence-electron chi connectivity index (χ3n) is 3.94. The number of hydrogen-bond acceptors (Lipinski definition) is 4. The third-order valence-corrected chi connectivity index (χ3v) is 3.94. The molecule has 2 rings (SSSR count). The summed E-state index contributed by atoms with van der Waals surface area (Å²) in [6, 6.07) is 5.30. The van der Waals surface area contributed by atoms with Crippen LogP contribution in [0.25, 0.3) is 0 Å². The van der Waals surface area contributed by atoms with E-state index >= 15 is 0 Å². The molecule has 6 nitrogen and oxygen atoms in total. The maximum Gasteiger partial charge on any atom is 0.308 e. The summed E-state index contributed by atoms with van der Waals surface area (Å²) < 4.78 is 12.8. The fourth-order valence-corrected chi connectivity index (χ4v) is 2.61. The van der Waals surface area contributed by atoms with Crippen molar-refractivity contribution in [2.75, 3.05) is 25.0 Å². The first-order valence-electron chi connectivity index (χ1n) is 7.62. The van der Waals surface area contributed by atoms with Crippen LogP contribution < -0.4 is 5.32 Å². The molecule has 1 aliphatic rings. The van der Waals surface area contributed by atoms with E-state index in [0.29, 0.717) is 31.6 Å². The monoisotopic (exact) mass is 324 g/mol. The van der Waals surface area contributed by atoms with E-state index in [0.717, 1.165) is 0 Å². The number of aliphatic carboxylic acids is 1. The summed E-state index contributed by atoms with van der Waals surface area (Å²) in [4.78, 5) is 25.3. The maximum atomic E-state index is 12.8. The number of anilines is 1. The van der Waals surface area contributed by atoms with Gasteiger partial charge in [-0.25, -0.2) is 4.39 Å². The van der Waals surface area contributed by atoms with Crippen LogP contribution >= 0.6 is 0 Å². The van der Waals surface area contributed by atoms with Crippen LogP contribution in [-0.2, 0) is 9.59 Å². The summed E-state index contributed by atoms with van der Waals surface area (Å²) in [6.07, 6.45) is 0.768. The summed E-state index contributed by atoms with van der Waals surface area (Å²) in [5.74, 6) is -2.66. The lowest BCUT2D eigenvalue weighted by Crippen LogP contribution is -2.41. The topological polar surface area (TPSA) is 89.9 Å². The van der Waals surface area contributed by atoms with Crippen molar-refractivity contribution in [3.63, 3.8) is 0 Å². The molecule has 1 heterocycles. The molecule has 0 aromatic heterocycles. The Labute approximate surface area is 133 Å². The Bertz CT molecular complexity index is 542. The molecule has 1 fully saturated rings. The summed E-state index contributed by atoms with van der Waals surface area (Å²) in [5.41, 5.74) is 0.432. The molecular weight excluding hydrogens is 303 g/mol. The van der Waals surface area contributed by atoms with Crippen molar-refractivity contribution >= 4 is 17.6 Å². The molecule has 0 bridgehead atoms. The molecule has 3 N–H and O–H groups in total. The van der Waals surface area contributed by atoms with Gasteiger partial charge >= 0.3 is 5.97 Å². The quantitative estimate of drug-likeness (QED) is 0.734. The minimum absolute atomic E-state index is 0.147. The first-order chi connectivity index (χ1) is 10.9. The fourth-order valence-electron chi connectivity index (χ4n) is 2.61. The largest absolute Gasteiger partial charge is 0.481 e. The van der Waals surface area contributed by atoms with Gasteiger partial charge in [0.1, 0.15) is 5.82 Å². The van der Waals surface area contributed by atoms with Gasteiger partial charge in [0, 0.05) is 31.7 Å². The fraction of sp³-hybridized carbons (Fsp3) is 0.500. The van der Waals surface area contributed by atoms with Crippen molar-refractivity contribution in [1.82, 2.24) is 4.90 Å². The second kappa shape index (κ2) is 8.03. The van der Waals surface area contributed by atoms with Crippen LogP contribution in [0.2, 0.25) is 0 Å². The lowest BCUT2D eigenvalue weighted by molar-refractivity contribution is -0.144. The van der Waals surface area contributed by atoms with E-state index in [9.17, 15) is 24.2 Å². The molecule has 7 heteroatoms. The summed E-state index contributed by atoms with van der Waals surface area (Å²) in [7, 11) is 0. The molecule has 1 saturated heterocycles. The number of likely N-dealkylation sites (tertiary alicyclic amines) is 1. The van der Waals surface area contributed by atoms with Crippen LogP contribution in [0.5, 0.6) is 0 Å². The molecule has 1 aromatic carbocycles. The van der Waals surface area contributed by atoms with Gasteiger partial charge in [-0.1, -0.05) is 0 Å².